The Morgan fingerprint density at radius 3 is 2.52 bits per heavy atom. The molecule has 0 saturated heterocycles. The third-order valence-electron chi connectivity index (χ3n) is 2.26. The lowest BCUT2D eigenvalue weighted by atomic mass is 10.3. The van der Waals surface area contributed by atoms with Crippen LogP contribution < -0.4 is 14.8 Å². The third-order valence-corrected chi connectivity index (χ3v) is 3.59. The Morgan fingerprint density at radius 2 is 2.00 bits per heavy atom. The Bertz CT molecular complexity index is 631. The highest BCUT2D eigenvalue weighted by Crippen LogP contribution is 2.24. The number of para-hydroxylation sites is 2. The normalized spacial score (nSPS) is 10.7. The standard InChI is InChI=1S/C11H15N3O6S/c1-2-20-11(17)13-21(18,19)14(7-10(15)16)9-6-4-3-5-8(9)12/h3-6H,2,7,12H2,1H3,(H,13,17)(H,15,16). The van der Waals surface area contributed by atoms with Crippen LogP contribution >= 0.6 is 0 Å². The van der Waals surface area contributed by atoms with Crippen molar-refractivity contribution in [3.63, 3.8) is 0 Å². The summed E-state index contributed by atoms with van der Waals surface area (Å²) in [6.45, 7) is 0.563. The van der Waals surface area contributed by atoms with Gasteiger partial charge in [0.2, 0.25) is 0 Å². The first-order chi connectivity index (χ1) is 9.77. The number of nitrogens with zero attached hydrogens (tertiary/aromatic N) is 1. The van der Waals surface area contributed by atoms with E-state index >= 15 is 0 Å². The number of nitrogen functional groups attached to an aromatic ring is 1. The molecule has 116 valence electrons. The molecule has 21 heavy (non-hydrogen) atoms. The first kappa shape index (κ1) is 16.6. The lowest BCUT2D eigenvalue weighted by Crippen LogP contribution is -2.46. The molecular formula is C11H15N3O6S. The molecule has 0 heterocycles. The van der Waals surface area contributed by atoms with E-state index in [2.05, 4.69) is 4.74 Å². The lowest BCUT2D eigenvalue weighted by Gasteiger charge is -2.23. The van der Waals surface area contributed by atoms with E-state index < -0.39 is 28.8 Å². The van der Waals surface area contributed by atoms with Crippen molar-refractivity contribution in [2.75, 3.05) is 23.2 Å². The van der Waals surface area contributed by atoms with Gasteiger partial charge in [-0.05, 0) is 19.1 Å². The van der Waals surface area contributed by atoms with E-state index in [0.717, 1.165) is 0 Å². The monoisotopic (exact) mass is 317 g/mol. The van der Waals surface area contributed by atoms with Crippen LogP contribution in [0.2, 0.25) is 0 Å². The highest BCUT2D eigenvalue weighted by Gasteiger charge is 2.28. The molecule has 0 radical (unpaired) electrons. The molecule has 10 heteroatoms. The zero-order valence-electron chi connectivity index (χ0n) is 11.1. The number of aliphatic carboxylic acids is 1. The predicted octanol–water partition coefficient (Wildman–Crippen LogP) is 0.151. The van der Waals surface area contributed by atoms with Gasteiger partial charge < -0.3 is 15.6 Å². The highest BCUT2D eigenvalue weighted by molar-refractivity contribution is 7.91. The molecule has 9 nitrogen and oxygen atoms in total. The molecule has 0 saturated carbocycles. The number of carbonyl (C=O) groups excluding carboxylic acids is 1. The number of hydrogen-bond donors (Lipinski definition) is 3. The molecule has 0 bridgehead atoms. The van der Waals surface area contributed by atoms with Gasteiger partial charge in [0.1, 0.15) is 6.54 Å². The number of carboxylic acids is 1. The number of ether oxygens (including phenoxy) is 1. The van der Waals surface area contributed by atoms with Crippen LogP contribution in [0.3, 0.4) is 0 Å². The number of carbonyl (C=O) groups is 2. The SMILES string of the molecule is CCOC(=O)NS(=O)(=O)N(CC(=O)O)c1ccccc1N. The van der Waals surface area contributed by atoms with Gasteiger partial charge in [-0.2, -0.15) is 8.42 Å². The maximum atomic E-state index is 12.1. The zero-order valence-corrected chi connectivity index (χ0v) is 12.0. The number of hydrogen-bond acceptors (Lipinski definition) is 6. The minimum absolute atomic E-state index is 0.0340. The van der Waals surface area contributed by atoms with Gasteiger partial charge in [-0.1, -0.05) is 12.1 Å². The zero-order chi connectivity index (χ0) is 16.0. The van der Waals surface area contributed by atoms with Gasteiger partial charge in [0, 0.05) is 0 Å². The van der Waals surface area contributed by atoms with Gasteiger partial charge in [-0.25, -0.2) is 13.8 Å². The van der Waals surface area contributed by atoms with Gasteiger partial charge in [-0.3, -0.25) is 4.79 Å². The van der Waals surface area contributed by atoms with Crippen LogP contribution in [0.15, 0.2) is 24.3 Å². The molecule has 0 spiro atoms. The summed E-state index contributed by atoms with van der Waals surface area (Å²) in [5, 5.41) is 8.85. The molecule has 0 aliphatic rings. The average molecular weight is 317 g/mol. The molecule has 0 aromatic heterocycles. The first-order valence-corrected chi connectivity index (χ1v) is 7.25. The Labute approximate surface area is 121 Å². The number of nitrogens with one attached hydrogen (secondary N) is 1. The summed E-state index contributed by atoms with van der Waals surface area (Å²) in [7, 11) is -4.47. The molecule has 1 aromatic rings. The largest absolute Gasteiger partial charge is 0.480 e. The van der Waals surface area contributed by atoms with Gasteiger partial charge in [0.15, 0.2) is 0 Å². The number of amides is 1. The van der Waals surface area contributed by atoms with Crippen molar-refractivity contribution >= 4 is 33.6 Å². The van der Waals surface area contributed by atoms with Crippen LogP contribution in [0.4, 0.5) is 16.2 Å². The number of nitrogens with two attached hydrogens (primary N) is 1. The van der Waals surface area contributed by atoms with Crippen LogP contribution in [0.1, 0.15) is 6.92 Å². The number of carboxylic acid groups (broad SMARTS) is 1. The van der Waals surface area contributed by atoms with E-state index in [9.17, 15) is 18.0 Å². The summed E-state index contributed by atoms with van der Waals surface area (Å²) in [4.78, 5) is 22.1. The fraction of sp³-hybridized carbons (Fsp3) is 0.273. The molecule has 0 aliphatic carbocycles. The van der Waals surface area contributed by atoms with Crippen molar-refractivity contribution in [2.24, 2.45) is 0 Å². The lowest BCUT2D eigenvalue weighted by molar-refractivity contribution is -0.135. The van der Waals surface area contributed by atoms with Crippen molar-refractivity contribution in [3.8, 4) is 0 Å². The van der Waals surface area contributed by atoms with Crippen LogP contribution in [-0.4, -0.2) is 38.7 Å². The van der Waals surface area contributed by atoms with Crippen LogP contribution in [0, 0.1) is 0 Å². The molecule has 0 aliphatic heterocycles. The van der Waals surface area contributed by atoms with Gasteiger partial charge in [0.25, 0.3) is 0 Å². The van der Waals surface area contributed by atoms with Crippen LogP contribution in [0.25, 0.3) is 0 Å². The second kappa shape index (κ2) is 6.79. The van der Waals surface area contributed by atoms with Crippen molar-refractivity contribution in [2.45, 2.75) is 6.92 Å². The van der Waals surface area contributed by atoms with Crippen molar-refractivity contribution in [1.29, 1.82) is 0 Å². The van der Waals surface area contributed by atoms with Crippen molar-refractivity contribution in [3.05, 3.63) is 24.3 Å². The fourth-order valence-corrected chi connectivity index (χ4v) is 2.54. The fourth-order valence-electron chi connectivity index (χ4n) is 1.46. The van der Waals surface area contributed by atoms with E-state index in [-0.39, 0.29) is 18.0 Å². The summed E-state index contributed by atoms with van der Waals surface area (Å²) in [6, 6.07) is 5.77. The Kier molecular flexibility index (Phi) is 5.36. The highest BCUT2D eigenvalue weighted by atomic mass is 32.2. The summed E-state index contributed by atoms with van der Waals surface area (Å²) in [5.41, 5.74) is 5.63. The Morgan fingerprint density at radius 1 is 1.38 bits per heavy atom. The average Bonchev–Trinajstić information content (AvgIpc) is 2.36. The predicted molar refractivity (Wildman–Crippen MR) is 74.9 cm³/mol. The van der Waals surface area contributed by atoms with Gasteiger partial charge in [0.05, 0.1) is 18.0 Å². The Balaban J connectivity index is 3.16. The van der Waals surface area contributed by atoms with E-state index in [1.807, 2.05) is 0 Å². The molecule has 0 atom stereocenters. The minimum Gasteiger partial charge on any atom is -0.480 e. The summed E-state index contributed by atoms with van der Waals surface area (Å²) < 4.78 is 30.7. The van der Waals surface area contributed by atoms with E-state index in [0.29, 0.717) is 4.31 Å². The minimum atomic E-state index is -4.47. The van der Waals surface area contributed by atoms with E-state index in [1.165, 1.54) is 25.1 Å². The molecule has 1 amide bonds. The molecule has 1 aromatic carbocycles. The third kappa shape index (κ3) is 4.53. The van der Waals surface area contributed by atoms with Crippen molar-refractivity contribution in [1.82, 2.24) is 4.72 Å². The number of rotatable bonds is 6. The quantitative estimate of drug-likeness (QED) is 0.634. The molecule has 0 fully saturated rings. The maximum absolute atomic E-state index is 12.1. The van der Waals surface area contributed by atoms with Crippen molar-refractivity contribution < 1.29 is 27.9 Å². The van der Waals surface area contributed by atoms with Gasteiger partial charge in [-0.15, -0.1) is 0 Å². The molecule has 0 unspecified atom stereocenters. The van der Waals surface area contributed by atoms with Crippen LogP contribution in [0.5, 0.6) is 0 Å². The summed E-state index contributed by atoms with van der Waals surface area (Å²) in [5.74, 6) is -1.41. The second-order valence-corrected chi connectivity index (χ2v) is 5.38. The topological polar surface area (TPSA) is 139 Å². The molecule has 4 N–H and O–H groups in total. The Hall–Kier alpha value is -2.49. The first-order valence-electron chi connectivity index (χ1n) is 5.81. The number of anilines is 2. The van der Waals surface area contributed by atoms with Gasteiger partial charge >= 0.3 is 22.3 Å². The second-order valence-electron chi connectivity index (χ2n) is 3.79. The molecule has 1 rings (SSSR count). The smallest absolute Gasteiger partial charge is 0.422 e. The van der Waals surface area contributed by atoms with Crippen LogP contribution in [-0.2, 0) is 19.7 Å². The number of benzene rings is 1. The summed E-state index contributed by atoms with van der Waals surface area (Å²) in [6.07, 6.45) is -1.21. The van der Waals surface area contributed by atoms with E-state index in [1.54, 1.807) is 10.8 Å². The molecular weight excluding hydrogens is 302 g/mol. The van der Waals surface area contributed by atoms with E-state index in [4.69, 9.17) is 10.8 Å². The summed E-state index contributed by atoms with van der Waals surface area (Å²) >= 11 is 0. The maximum Gasteiger partial charge on any atom is 0.422 e.